The molecule has 0 radical (unpaired) electrons. The second-order valence-corrected chi connectivity index (χ2v) is 5.85. The van der Waals surface area contributed by atoms with Crippen LogP contribution in [0, 0.1) is 11.8 Å². The molecule has 1 aromatic rings. The predicted molar refractivity (Wildman–Crippen MR) is 71.1 cm³/mol. The Morgan fingerprint density at radius 3 is 3.00 bits per heavy atom. The van der Waals surface area contributed by atoms with Crippen molar-refractivity contribution in [3.8, 4) is 0 Å². The molecule has 102 valence electrons. The first-order valence-electron chi connectivity index (χ1n) is 7.21. The van der Waals surface area contributed by atoms with Crippen LogP contribution in [-0.4, -0.2) is 28.1 Å². The lowest BCUT2D eigenvalue weighted by Crippen LogP contribution is -2.34. The van der Waals surface area contributed by atoms with Crippen LogP contribution >= 0.6 is 0 Å². The van der Waals surface area contributed by atoms with E-state index >= 15 is 0 Å². The molecule has 0 aromatic carbocycles. The number of hydrogen-bond donors (Lipinski definition) is 0. The Morgan fingerprint density at radius 1 is 1.44 bits per heavy atom. The maximum Gasteiger partial charge on any atom is 0.226 e. The van der Waals surface area contributed by atoms with Crippen LogP contribution < -0.4 is 0 Å². The van der Waals surface area contributed by atoms with Crippen molar-refractivity contribution in [1.29, 1.82) is 0 Å². The smallest absolute Gasteiger partial charge is 0.226 e. The Bertz CT molecular complexity index is 362. The zero-order valence-corrected chi connectivity index (χ0v) is 11.9. The summed E-state index contributed by atoms with van der Waals surface area (Å²) in [5.41, 5.74) is 0. The molecule has 0 unspecified atom stereocenters. The van der Waals surface area contributed by atoms with Gasteiger partial charge in [-0.2, -0.15) is 4.98 Å². The van der Waals surface area contributed by atoms with E-state index in [4.69, 9.17) is 4.52 Å². The summed E-state index contributed by atoms with van der Waals surface area (Å²) in [5, 5.41) is 4.09. The van der Waals surface area contributed by atoms with Crippen LogP contribution in [0.3, 0.4) is 0 Å². The van der Waals surface area contributed by atoms with Crippen molar-refractivity contribution in [1.82, 2.24) is 15.0 Å². The van der Waals surface area contributed by atoms with Gasteiger partial charge >= 0.3 is 0 Å². The molecule has 1 saturated heterocycles. The van der Waals surface area contributed by atoms with Gasteiger partial charge in [0.2, 0.25) is 5.89 Å². The van der Waals surface area contributed by atoms with Crippen molar-refractivity contribution in [3.05, 3.63) is 11.7 Å². The van der Waals surface area contributed by atoms with E-state index in [2.05, 4.69) is 35.8 Å². The molecule has 18 heavy (non-hydrogen) atoms. The van der Waals surface area contributed by atoms with Gasteiger partial charge in [0.25, 0.3) is 0 Å². The number of aromatic nitrogens is 2. The van der Waals surface area contributed by atoms with E-state index in [9.17, 15) is 0 Å². The fourth-order valence-corrected chi connectivity index (χ4v) is 2.61. The molecule has 1 atom stereocenters. The molecular weight excluding hydrogens is 226 g/mol. The topological polar surface area (TPSA) is 42.2 Å². The molecule has 2 rings (SSSR count). The minimum Gasteiger partial charge on any atom is -0.339 e. The first-order valence-corrected chi connectivity index (χ1v) is 7.21. The molecule has 0 saturated carbocycles. The number of hydrogen-bond acceptors (Lipinski definition) is 4. The van der Waals surface area contributed by atoms with Crippen molar-refractivity contribution in [2.75, 3.05) is 13.1 Å². The van der Waals surface area contributed by atoms with Crippen LogP contribution in [0.4, 0.5) is 0 Å². The second-order valence-electron chi connectivity index (χ2n) is 5.85. The summed E-state index contributed by atoms with van der Waals surface area (Å²) in [5.74, 6) is 3.05. The maximum absolute atomic E-state index is 5.28. The fourth-order valence-electron chi connectivity index (χ4n) is 2.61. The molecule has 1 fully saturated rings. The van der Waals surface area contributed by atoms with Crippen molar-refractivity contribution < 1.29 is 4.52 Å². The SMILES string of the molecule is CC[C@H]1CCCN(Cc2noc(CC(C)C)n2)C1. The highest BCUT2D eigenvalue weighted by Gasteiger charge is 2.20. The van der Waals surface area contributed by atoms with Gasteiger partial charge in [-0.25, -0.2) is 0 Å². The summed E-state index contributed by atoms with van der Waals surface area (Å²) < 4.78 is 5.28. The van der Waals surface area contributed by atoms with Crippen molar-refractivity contribution in [2.24, 2.45) is 11.8 Å². The lowest BCUT2D eigenvalue weighted by Gasteiger charge is -2.31. The predicted octanol–water partition coefficient (Wildman–Crippen LogP) is 2.89. The third kappa shape index (κ3) is 3.80. The third-order valence-corrected chi connectivity index (χ3v) is 3.64. The van der Waals surface area contributed by atoms with Gasteiger partial charge in [-0.1, -0.05) is 32.3 Å². The Balaban J connectivity index is 1.86. The lowest BCUT2D eigenvalue weighted by atomic mass is 9.96. The average Bonchev–Trinajstić information content (AvgIpc) is 2.76. The van der Waals surface area contributed by atoms with E-state index in [0.29, 0.717) is 5.92 Å². The molecule has 0 aliphatic carbocycles. The molecule has 4 heteroatoms. The normalized spacial score (nSPS) is 21.7. The van der Waals surface area contributed by atoms with Crippen LogP contribution in [0.2, 0.25) is 0 Å². The summed E-state index contributed by atoms with van der Waals surface area (Å²) >= 11 is 0. The van der Waals surface area contributed by atoms with Gasteiger partial charge in [0.05, 0.1) is 6.54 Å². The van der Waals surface area contributed by atoms with Gasteiger partial charge in [-0.3, -0.25) is 4.90 Å². The molecule has 4 nitrogen and oxygen atoms in total. The number of likely N-dealkylation sites (tertiary alicyclic amines) is 1. The van der Waals surface area contributed by atoms with Crippen molar-refractivity contribution in [3.63, 3.8) is 0 Å². The van der Waals surface area contributed by atoms with Crippen LogP contribution in [0.25, 0.3) is 0 Å². The first kappa shape index (κ1) is 13.5. The highest BCUT2D eigenvalue weighted by atomic mass is 16.5. The highest BCUT2D eigenvalue weighted by molar-refractivity contribution is 4.88. The van der Waals surface area contributed by atoms with Gasteiger partial charge in [0.15, 0.2) is 5.82 Å². The minimum atomic E-state index is 0.567. The van der Waals surface area contributed by atoms with Crippen molar-refractivity contribution in [2.45, 2.75) is 53.0 Å². The standard InChI is InChI=1S/C14H25N3O/c1-4-12-6-5-7-17(9-12)10-13-15-14(18-16-13)8-11(2)3/h11-12H,4-10H2,1-3H3/t12-/m0/s1. The van der Waals surface area contributed by atoms with E-state index in [0.717, 1.165) is 30.6 Å². The second kappa shape index (κ2) is 6.32. The number of piperidine rings is 1. The largest absolute Gasteiger partial charge is 0.339 e. The van der Waals surface area contributed by atoms with E-state index < -0.39 is 0 Å². The molecule has 1 aliphatic heterocycles. The summed E-state index contributed by atoms with van der Waals surface area (Å²) in [4.78, 5) is 6.94. The fraction of sp³-hybridized carbons (Fsp3) is 0.857. The Morgan fingerprint density at radius 2 is 2.28 bits per heavy atom. The Hall–Kier alpha value is -0.900. The monoisotopic (exact) mass is 251 g/mol. The van der Waals surface area contributed by atoms with E-state index in [-0.39, 0.29) is 0 Å². The molecule has 1 aromatic heterocycles. The molecule has 2 heterocycles. The first-order chi connectivity index (χ1) is 8.67. The minimum absolute atomic E-state index is 0.567. The maximum atomic E-state index is 5.28. The van der Waals surface area contributed by atoms with Crippen molar-refractivity contribution >= 4 is 0 Å². The number of nitrogens with zero attached hydrogens (tertiary/aromatic N) is 3. The highest BCUT2D eigenvalue weighted by Crippen LogP contribution is 2.20. The lowest BCUT2D eigenvalue weighted by molar-refractivity contribution is 0.160. The zero-order valence-electron chi connectivity index (χ0n) is 11.9. The quantitative estimate of drug-likeness (QED) is 0.807. The average molecular weight is 251 g/mol. The van der Waals surface area contributed by atoms with Crippen LogP contribution in [0.15, 0.2) is 4.52 Å². The van der Waals surface area contributed by atoms with E-state index in [1.807, 2.05) is 0 Å². The van der Waals surface area contributed by atoms with E-state index in [1.54, 1.807) is 0 Å². The third-order valence-electron chi connectivity index (χ3n) is 3.64. The Labute approximate surface area is 110 Å². The van der Waals surface area contributed by atoms with Crippen LogP contribution in [0.1, 0.15) is 51.7 Å². The van der Waals surface area contributed by atoms with Gasteiger partial charge in [-0.15, -0.1) is 0 Å². The van der Waals surface area contributed by atoms with Crippen LogP contribution in [0.5, 0.6) is 0 Å². The van der Waals surface area contributed by atoms with Gasteiger partial charge in [-0.05, 0) is 31.2 Å². The zero-order chi connectivity index (χ0) is 13.0. The number of rotatable bonds is 5. The van der Waals surface area contributed by atoms with E-state index in [1.165, 1.54) is 32.4 Å². The van der Waals surface area contributed by atoms with Gasteiger partial charge < -0.3 is 4.52 Å². The van der Waals surface area contributed by atoms with Crippen LogP contribution in [-0.2, 0) is 13.0 Å². The molecule has 0 bridgehead atoms. The summed E-state index contributed by atoms with van der Waals surface area (Å²) in [7, 11) is 0. The molecule has 1 aliphatic rings. The summed E-state index contributed by atoms with van der Waals surface area (Å²) in [6, 6.07) is 0. The summed E-state index contributed by atoms with van der Waals surface area (Å²) in [6.45, 7) is 9.82. The molecular formula is C14H25N3O. The summed E-state index contributed by atoms with van der Waals surface area (Å²) in [6.07, 6.45) is 4.83. The molecule has 0 amide bonds. The molecule has 0 N–H and O–H groups in total. The Kier molecular flexibility index (Phi) is 4.75. The van der Waals surface area contributed by atoms with Gasteiger partial charge in [0.1, 0.15) is 0 Å². The van der Waals surface area contributed by atoms with Gasteiger partial charge in [0, 0.05) is 13.0 Å². The molecule has 0 spiro atoms.